The summed E-state index contributed by atoms with van der Waals surface area (Å²) in [5.41, 5.74) is -0.765. The number of hydrogen-bond acceptors (Lipinski definition) is 7. The number of halogens is 2. The largest absolute Gasteiger partial charge is 0.351 e. The zero-order chi connectivity index (χ0) is 28.5. The van der Waals surface area contributed by atoms with Gasteiger partial charge in [0.2, 0.25) is 16.0 Å². The van der Waals surface area contributed by atoms with Crippen LogP contribution >= 0.6 is 0 Å². The van der Waals surface area contributed by atoms with E-state index in [9.17, 15) is 22.0 Å². The minimum atomic E-state index is -3.90. The highest BCUT2D eigenvalue weighted by molar-refractivity contribution is 7.92. The average molecular weight is 563 g/mol. The molecule has 0 amide bonds. The van der Waals surface area contributed by atoms with Crippen molar-refractivity contribution in [1.82, 2.24) is 19.4 Å². The van der Waals surface area contributed by atoms with Crippen LogP contribution in [0.2, 0.25) is 0 Å². The number of sulfonamides is 1. The van der Waals surface area contributed by atoms with E-state index in [-0.39, 0.29) is 29.0 Å². The maximum Gasteiger partial charge on any atom is 0.260 e. The van der Waals surface area contributed by atoms with Crippen LogP contribution in [0.15, 0.2) is 29.2 Å². The van der Waals surface area contributed by atoms with Gasteiger partial charge in [-0.05, 0) is 83.8 Å². The smallest absolute Gasteiger partial charge is 0.260 e. The molecule has 0 spiro atoms. The highest BCUT2D eigenvalue weighted by Gasteiger charge is 2.24. The van der Waals surface area contributed by atoms with Crippen molar-refractivity contribution in [3.8, 4) is 11.1 Å². The fourth-order valence-corrected chi connectivity index (χ4v) is 6.24. The summed E-state index contributed by atoms with van der Waals surface area (Å²) in [4.78, 5) is 24.9. The standard InChI is InChI=1S/C27H36F2N6O3S/c1-6-11-39(37,38)33-24-22(28)13-17(14-23(24)29)21-12-18-15-30-27(32-25(18)35(16(2)3)26(21)36)31-19-7-9-20(10-8-19)34(4)5/h12-16,19-20,33H,6-11H2,1-5H3,(H,30,31,32). The first kappa shape index (κ1) is 28.9. The van der Waals surface area contributed by atoms with Gasteiger partial charge in [0.15, 0.2) is 11.6 Å². The summed E-state index contributed by atoms with van der Waals surface area (Å²) in [6.07, 6.45) is 6.01. The Morgan fingerprint density at radius 1 is 1.10 bits per heavy atom. The zero-order valence-electron chi connectivity index (χ0n) is 23.0. The van der Waals surface area contributed by atoms with Crippen LogP contribution in [0.5, 0.6) is 0 Å². The van der Waals surface area contributed by atoms with Gasteiger partial charge in [-0.1, -0.05) is 6.92 Å². The third kappa shape index (κ3) is 6.38. The molecule has 0 saturated heterocycles. The monoisotopic (exact) mass is 562 g/mol. The molecule has 12 heteroatoms. The highest BCUT2D eigenvalue weighted by atomic mass is 32.2. The molecule has 1 saturated carbocycles. The number of nitrogens with zero attached hydrogens (tertiary/aromatic N) is 4. The fourth-order valence-electron chi connectivity index (χ4n) is 5.10. The summed E-state index contributed by atoms with van der Waals surface area (Å²) in [7, 11) is 0.283. The minimum Gasteiger partial charge on any atom is -0.351 e. The Bertz CT molecular complexity index is 1490. The second kappa shape index (κ2) is 11.5. The summed E-state index contributed by atoms with van der Waals surface area (Å²) < 4.78 is 57.4. The Labute approximate surface area is 227 Å². The number of anilines is 2. The van der Waals surface area contributed by atoms with Crippen molar-refractivity contribution in [3.05, 3.63) is 46.4 Å². The van der Waals surface area contributed by atoms with Gasteiger partial charge in [-0.15, -0.1) is 0 Å². The van der Waals surface area contributed by atoms with E-state index < -0.39 is 32.9 Å². The first-order valence-electron chi connectivity index (χ1n) is 13.2. The number of fused-ring (bicyclic) bond motifs is 1. The van der Waals surface area contributed by atoms with Crippen molar-refractivity contribution in [2.75, 3.05) is 29.9 Å². The van der Waals surface area contributed by atoms with Crippen LogP contribution < -0.4 is 15.6 Å². The van der Waals surface area contributed by atoms with Crippen LogP contribution in [0.3, 0.4) is 0 Å². The molecule has 1 aromatic carbocycles. The summed E-state index contributed by atoms with van der Waals surface area (Å²) >= 11 is 0. The van der Waals surface area contributed by atoms with Gasteiger partial charge in [-0.2, -0.15) is 4.98 Å². The maximum absolute atomic E-state index is 14.9. The van der Waals surface area contributed by atoms with E-state index in [0.29, 0.717) is 29.4 Å². The molecule has 0 atom stereocenters. The number of pyridine rings is 1. The maximum atomic E-state index is 14.9. The Morgan fingerprint density at radius 3 is 2.31 bits per heavy atom. The summed E-state index contributed by atoms with van der Waals surface area (Å²) in [5, 5.41) is 3.94. The quantitative estimate of drug-likeness (QED) is 0.387. The zero-order valence-corrected chi connectivity index (χ0v) is 23.8. The SMILES string of the molecule is CCCS(=O)(=O)Nc1c(F)cc(-c2cc3cnc(NC4CCC(N(C)C)CC4)nc3n(C(C)C)c2=O)cc1F. The third-order valence-corrected chi connectivity index (χ3v) is 8.59. The normalized spacial score (nSPS) is 18.2. The van der Waals surface area contributed by atoms with E-state index in [1.807, 2.05) is 18.6 Å². The molecule has 0 radical (unpaired) electrons. The van der Waals surface area contributed by atoms with Crippen LogP contribution in [0, 0.1) is 11.6 Å². The molecule has 2 N–H and O–H groups in total. The predicted molar refractivity (Wildman–Crippen MR) is 151 cm³/mol. The third-order valence-electron chi connectivity index (χ3n) is 7.13. The molecule has 0 aliphatic heterocycles. The number of nitrogens with one attached hydrogen (secondary N) is 2. The Morgan fingerprint density at radius 2 is 1.74 bits per heavy atom. The van der Waals surface area contributed by atoms with Crippen molar-refractivity contribution < 1.29 is 17.2 Å². The van der Waals surface area contributed by atoms with Gasteiger partial charge in [-0.25, -0.2) is 22.2 Å². The molecule has 1 aliphatic carbocycles. The molecular formula is C27H36F2N6O3S. The molecule has 1 aliphatic rings. The second-order valence-corrected chi connectivity index (χ2v) is 12.5. The van der Waals surface area contributed by atoms with Crippen LogP contribution in [-0.2, 0) is 10.0 Å². The van der Waals surface area contributed by atoms with Crippen LogP contribution in [-0.4, -0.2) is 59.8 Å². The van der Waals surface area contributed by atoms with Gasteiger partial charge in [0, 0.05) is 35.3 Å². The molecule has 9 nitrogen and oxygen atoms in total. The average Bonchev–Trinajstić information content (AvgIpc) is 2.85. The molecule has 2 heterocycles. The lowest BCUT2D eigenvalue weighted by Crippen LogP contribution is -2.36. The fraction of sp³-hybridized carbons (Fsp3) is 0.519. The van der Waals surface area contributed by atoms with Crippen molar-refractivity contribution >= 4 is 32.7 Å². The van der Waals surface area contributed by atoms with Gasteiger partial charge < -0.3 is 10.2 Å². The van der Waals surface area contributed by atoms with Crippen molar-refractivity contribution in [2.24, 2.45) is 0 Å². The highest BCUT2D eigenvalue weighted by Crippen LogP contribution is 2.29. The van der Waals surface area contributed by atoms with Gasteiger partial charge in [0.25, 0.3) is 5.56 Å². The lowest BCUT2D eigenvalue weighted by Gasteiger charge is -2.33. The molecule has 4 rings (SSSR count). The Kier molecular flexibility index (Phi) is 8.55. The van der Waals surface area contributed by atoms with E-state index in [2.05, 4.69) is 34.3 Å². The summed E-state index contributed by atoms with van der Waals surface area (Å²) in [5.74, 6) is -2.07. The number of rotatable bonds is 9. The van der Waals surface area contributed by atoms with E-state index in [4.69, 9.17) is 0 Å². The Hall–Kier alpha value is -3.12. The van der Waals surface area contributed by atoms with Crippen molar-refractivity contribution in [1.29, 1.82) is 0 Å². The lowest BCUT2D eigenvalue weighted by atomic mass is 9.91. The van der Waals surface area contributed by atoms with Crippen molar-refractivity contribution in [3.63, 3.8) is 0 Å². The molecule has 3 aromatic rings. The van der Waals surface area contributed by atoms with Crippen LogP contribution in [0.1, 0.15) is 58.9 Å². The van der Waals surface area contributed by atoms with E-state index in [1.165, 1.54) is 10.6 Å². The van der Waals surface area contributed by atoms with Crippen LogP contribution in [0.4, 0.5) is 20.4 Å². The molecule has 212 valence electrons. The predicted octanol–water partition coefficient (Wildman–Crippen LogP) is 4.75. The molecule has 1 fully saturated rings. The molecular weight excluding hydrogens is 526 g/mol. The summed E-state index contributed by atoms with van der Waals surface area (Å²) in [6, 6.07) is 3.93. The number of hydrogen-bond donors (Lipinski definition) is 2. The molecule has 0 bridgehead atoms. The second-order valence-electron chi connectivity index (χ2n) is 10.6. The first-order valence-corrected chi connectivity index (χ1v) is 14.9. The van der Waals surface area contributed by atoms with E-state index in [0.717, 1.165) is 37.8 Å². The first-order chi connectivity index (χ1) is 18.4. The van der Waals surface area contributed by atoms with Gasteiger partial charge in [0.05, 0.1) is 5.75 Å². The van der Waals surface area contributed by atoms with Crippen molar-refractivity contribution in [2.45, 2.75) is 71.0 Å². The minimum absolute atomic E-state index is 0.00964. The topological polar surface area (TPSA) is 109 Å². The lowest BCUT2D eigenvalue weighted by molar-refractivity contribution is 0.221. The summed E-state index contributed by atoms with van der Waals surface area (Å²) in [6.45, 7) is 5.30. The molecule has 39 heavy (non-hydrogen) atoms. The van der Waals surface area contributed by atoms with Gasteiger partial charge in [0.1, 0.15) is 11.3 Å². The van der Waals surface area contributed by atoms with E-state index >= 15 is 0 Å². The Balaban J connectivity index is 1.69. The van der Waals surface area contributed by atoms with Crippen LogP contribution in [0.25, 0.3) is 22.2 Å². The van der Waals surface area contributed by atoms with Gasteiger partial charge in [-0.3, -0.25) is 14.1 Å². The number of benzene rings is 1. The molecule has 0 unspecified atom stereocenters. The van der Waals surface area contributed by atoms with Gasteiger partial charge >= 0.3 is 0 Å². The van der Waals surface area contributed by atoms with E-state index in [1.54, 1.807) is 13.1 Å². The molecule has 2 aromatic heterocycles. The number of aromatic nitrogens is 3.